The molecule has 0 saturated carbocycles. The van der Waals surface area contributed by atoms with Crippen molar-refractivity contribution in [1.29, 1.82) is 0 Å². The Morgan fingerprint density at radius 3 is 2.22 bits per heavy atom. The van der Waals surface area contributed by atoms with Gasteiger partial charge in [-0.15, -0.1) is 0 Å². The Labute approximate surface area is 215 Å². The Morgan fingerprint density at radius 2 is 1.56 bits per heavy atom. The zero-order chi connectivity index (χ0) is 25.8. The molecule has 0 aromatic heterocycles. The maximum atomic E-state index is 13.6. The molecule has 0 radical (unpaired) electrons. The fraction of sp³-hybridized carbons (Fsp3) is 0.355. The molecule has 0 bridgehead atoms. The summed E-state index contributed by atoms with van der Waals surface area (Å²) in [7, 11) is 0. The van der Waals surface area contributed by atoms with Crippen molar-refractivity contribution in [3.63, 3.8) is 0 Å². The van der Waals surface area contributed by atoms with Gasteiger partial charge >= 0.3 is 0 Å². The van der Waals surface area contributed by atoms with Crippen LogP contribution in [0.4, 0.5) is 0 Å². The fourth-order valence-corrected chi connectivity index (χ4v) is 4.06. The molecule has 0 aliphatic rings. The third-order valence-corrected chi connectivity index (χ3v) is 5.94. The second kappa shape index (κ2) is 14.1. The van der Waals surface area contributed by atoms with Gasteiger partial charge in [-0.3, -0.25) is 9.59 Å². The highest BCUT2D eigenvalue weighted by Gasteiger charge is 2.30. The Morgan fingerprint density at radius 1 is 0.889 bits per heavy atom. The van der Waals surface area contributed by atoms with Gasteiger partial charge in [-0.25, -0.2) is 0 Å². The molecule has 3 aromatic carbocycles. The van der Waals surface area contributed by atoms with Crippen molar-refractivity contribution in [2.75, 3.05) is 13.2 Å². The lowest BCUT2D eigenvalue weighted by atomic mass is 10.0. The van der Waals surface area contributed by atoms with Gasteiger partial charge in [-0.05, 0) is 42.5 Å². The largest absolute Gasteiger partial charge is 0.494 e. The van der Waals surface area contributed by atoms with Crippen molar-refractivity contribution in [1.82, 2.24) is 10.2 Å². The lowest BCUT2D eigenvalue weighted by Gasteiger charge is -2.32. The van der Waals surface area contributed by atoms with Crippen LogP contribution in [0.25, 0.3) is 0 Å². The van der Waals surface area contributed by atoms with Crippen molar-refractivity contribution in [3.05, 3.63) is 102 Å². The fourth-order valence-electron chi connectivity index (χ4n) is 4.06. The van der Waals surface area contributed by atoms with E-state index in [-0.39, 0.29) is 11.8 Å². The summed E-state index contributed by atoms with van der Waals surface area (Å²) >= 11 is 0. The van der Waals surface area contributed by atoms with Gasteiger partial charge in [0.15, 0.2) is 0 Å². The van der Waals surface area contributed by atoms with Crippen molar-refractivity contribution in [3.8, 4) is 5.75 Å². The molecule has 0 spiro atoms. The normalized spacial score (nSPS) is 11.7. The van der Waals surface area contributed by atoms with E-state index in [4.69, 9.17) is 4.74 Å². The van der Waals surface area contributed by atoms with Gasteiger partial charge in [-0.2, -0.15) is 0 Å². The van der Waals surface area contributed by atoms with Crippen LogP contribution in [-0.4, -0.2) is 35.9 Å². The summed E-state index contributed by atoms with van der Waals surface area (Å²) in [4.78, 5) is 28.8. The molecule has 3 aromatic rings. The van der Waals surface area contributed by atoms with Crippen LogP contribution in [0.15, 0.2) is 84.9 Å². The van der Waals surface area contributed by atoms with E-state index in [2.05, 4.69) is 25.2 Å². The number of ether oxygens (including phenoxy) is 1. The van der Waals surface area contributed by atoms with Crippen LogP contribution in [0.3, 0.4) is 0 Å². The number of benzene rings is 3. The van der Waals surface area contributed by atoms with E-state index in [1.165, 1.54) is 0 Å². The molecule has 0 fully saturated rings. The van der Waals surface area contributed by atoms with E-state index in [9.17, 15) is 9.59 Å². The quantitative estimate of drug-likeness (QED) is 0.322. The standard InChI is InChI=1S/C31H38N2O3/c1-24(2)22-32-31(35)29(21-26-13-6-4-7-14-26)33(23-27-15-10-12-25(3)20-27)30(34)18-11-19-36-28-16-8-5-9-17-28/h4-10,12-17,20,24,29H,11,18-19,21-23H2,1-3H3,(H,32,35)/t29-/m1/s1. The van der Waals surface area contributed by atoms with Gasteiger partial charge in [0, 0.05) is 25.9 Å². The summed E-state index contributed by atoms with van der Waals surface area (Å²) in [6.45, 7) is 7.56. The van der Waals surface area contributed by atoms with Gasteiger partial charge in [0.25, 0.3) is 0 Å². The smallest absolute Gasteiger partial charge is 0.243 e. The number of carbonyl (C=O) groups is 2. The highest BCUT2D eigenvalue weighted by Crippen LogP contribution is 2.18. The summed E-state index contributed by atoms with van der Waals surface area (Å²) in [5.41, 5.74) is 3.16. The SMILES string of the molecule is Cc1cccc(CN(C(=O)CCCOc2ccccc2)[C@H](Cc2ccccc2)C(=O)NCC(C)C)c1. The summed E-state index contributed by atoms with van der Waals surface area (Å²) < 4.78 is 5.79. The van der Waals surface area contributed by atoms with E-state index in [0.29, 0.717) is 44.9 Å². The molecular weight excluding hydrogens is 448 g/mol. The van der Waals surface area contributed by atoms with Crippen LogP contribution < -0.4 is 10.1 Å². The first kappa shape index (κ1) is 27.0. The lowest BCUT2D eigenvalue weighted by molar-refractivity contribution is -0.141. The number of nitrogens with zero attached hydrogens (tertiary/aromatic N) is 1. The van der Waals surface area contributed by atoms with Gasteiger partial charge in [0.2, 0.25) is 11.8 Å². The van der Waals surface area contributed by atoms with Crippen LogP contribution in [0.2, 0.25) is 0 Å². The monoisotopic (exact) mass is 486 g/mol. The second-order valence-electron chi connectivity index (χ2n) is 9.62. The van der Waals surface area contributed by atoms with Gasteiger partial charge in [-0.1, -0.05) is 92.2 Å². The highest BCUT2D eigenvalue weighted by atomic mass is 16.5. The molecular formula is C31H38N2O3. The van der Waals surface area contributed by atoms with E-state index in [0.717, 1.165) is 22.4 Å². The first-order valence-corrected chi connectivity index (χ1v) is 12.8. The van der Waals surface area contributed by atoms with E-state index in [1.807, 2.05) is 85.8 Å². The van der Waals surface area contributed by atoms with Crippen LogP contribution >= 0.6 is 0 Å². The van der Waals surface area contributed by atoms with Gasteiger partial charge < -0.3 is 15.0 Å². The van der Waals surface area contributed by atoms with Crippen LogP contribution in [0.5, 0.6) is 5.75 Å². The third-order valence-electron chi connectivity index (χ3n) is 5.94. The summed E-state index contributed by atoms with van der Waals surface area (Å²) in [5.74, 6) is 0.946. The molecule has 2 amide bonds. The lowest BCUT2D eigenvalue weighted by Crippen LogP contribution is -2.51. The number of hydrogen-bond acceptors (Lipinski definition) is 3. The first-order valence-electron chi connectivity index (χ1n) is 12.8. The summed E-state index contributed by atoms with van der Waals surface area (Å²) in [6, 6.07) is 27.0. The average Bonchev–Trinajstić information content (AvgIpc) is 2.88. The minimum absolute atomic E-state index is 0.0474. The minimum atomic E-state index is -0.603. The first-order chi connectivity index (χ1) is 17.4. The Balaban J connectivity index is 1.79. The number of aryl methyl sites for hydroxylation is 1. The zero-order valence-corrected chi connectivity index (χ0v) is 21.7. The number of hydrogen-bond donors (Lipinski definition) is 1. The molecule has 0 saturated heterocycles. The molecule has 36 heavy (non-hydrogen) atoms. The van der Waals surface area contributed by atoms with Gasteiger partial charge in [0.05, 0.1) is 6.61 Å². The Kier molecular flexibility index (Phi) is 10.6. The van der Waals surface area contributed by atoms with Crippen molar-refractivity contribution >= 4 is 11.8 Å². The summed E-state index contributed by atoms with van der Waals surface area (Å²) in [5, 5.41) is 3.07. The predicted octanol–water partition coefficient (Wildman–Crippen LogP) is 5.57. The molecule has 190 valence electrons. The Hall–Kier alpha value is -3.60. The number of rotatable bonds is 13. The second-order valence-corrected chi connectivity index (χ2v) is 9.62. The molecule has 0 heterocycles. The van der Waals surface area contributed by atoms with E-state index in [1.54, 1.807) is 4.90 Å². The topological polar surface area (TPSA) is 58.6 Å². The third kappa shape index (κ3) is 8.88. The van der Waals surface area contributed by atoms with Crippen LogP contribution in [-0.2, 0) is 22.6 Å². The van der Waals surface area contributed by atoms with Crippen molar-refractivity contribution < 1.29 is 14.3 Å². The van der Waals surface area contributed by atoms with Crippen molar-refractivity contribution in [2.24, 2.45) is 5.92 Å². The molecule has 0 aliphatic heterocycles. The molecule has 1 atom stereocenters. The number of nitrogens with one attached hydrogen (secondary N) is 1. The van der Waals surface area contributed by atoms with E-state index < -0.39 is 6.04 Å². The van der Waals surface area contributed by atoms with Crippen molar-refractivity contribution in [2.45, 2.75) is 52.6 Å². The molecule has 1 N–H and O–H groups in total. The molecule has 0 unspecified atom stereocenters. The molecule has 3 rings (SSSR count). The molecule has 5 heteroatoms. The Bertz CT molecular complexity index is 1080. The van der Waals surface area contributed by atoms with Crippen LogP contribution in [0, 0.1) is 12.8 Å². The maximum absolute atomic E-state index is 13.6. The predicted molar refractivity (Wildman–Crippen MR) is 145 cm³/mol. The highest BCUT2D eigenvalue weighted by molar-refractivity contribution is 5.88. The van der Waals surface area contributed by atoms with E-state index >= 15 is 0 Å². The average molecular weight is 487 g/mol. The molecule has 5 nitrogen and oxygen atoms in total. The molecule has 0 aliphatic carbocycles. The summed E-state index contributed by atoms with van der Waals surface area (Å²) in [6.07, 6.45) is 1.34. The van der Waals surface area contributed by atoms with Gasteiger partial charge in [0.1, 0.15) is 11.8 Å². The maximum Gasteiger partial charge on any atom is 0.243 e. The zero-order valence-electron chi connectivity index (χ0n) is 21.7. The minimum Gasteiger partial charge on any atom is -0.494 e. The number of para-hydroxylation sites is 1. The number of amides is 2. The van der Waals surface area contributed by atoms with Crippen LogP contribution in [0.1, 0.15) is 43.4 Å². The number of carbonyl (C=O) groups excluding carboxylic acids is 2.